The van der Waals surface area contributed by atoms with Crippen LogP contribution < -0.4 is 5.32 Å². The molecule has 0 unspecified atom stereocenters. The first-order chi connectivity index (χ1) is 9.51. The van der Waals surface area contributed by atoms with Crippen molar-refractivity contribution in [1.29, 1.82) is 0 Å². The Morgan fingerprint density at radius 2 is 2.25 bits per heavy atom. The molecule has 20 heavy (non-hydrogen) atoms. The van der Waals surface area contributed by atoms with Crippen molar-refractivity contribution in [2.75, 3.05) is 5.32 Å². The molecule has 0 atom stereocenters. The summed E-state index contributed by atoms with van der Waals surface area (Å²) < 4.78 is 2.63. The predicted octanol–water partition coefficient (Wildman–Crippen LogP) is 3.11. The van der Waals surface area contributed by atoms with Crippen LogP contribution in [-0.4, -0.2) is 14.7 Å². The largest absolute Gasteiger partial charge is 0.380 e. The van der Waals surface area contributed by atoms with Crippen LogP contribution in [0.4, 0.5) is 11.4 Å². The fraction of sp³-hybridized carbons (Fsp3) is 0.308. The third-order valence-electron chi connectivity index (χ3n) is 2.96. The molecule has 1 N–H and O–H groups in total. The molecule has 0 amide bonds. The number of nitrogens with zero attached hydrogens (tertiary/aromatic N) is 3. The van der Waals surface area contributed by atoms with Gasteiger partial charge in [-0.1, -0.05) is 6.92 Å². The molecule has 0 saturated carbocycles. The summed E-state index contributed by atoms with van der Waals surface area (Å²) in [5.74, 6) is 0. The number of halogens is 1. The molecule has 2 aromatic rings. The van der Waals surface area contributed by atoms with Gasteiger partial charge < -0.3 is 5.32 Å². The maximum atomic E-state index is 10.7. The summed E-state index contributed by atoms with van der Waals surface area (Å²) in [5, 5.41) is 18.4. The first-order valence-electron chi connectivity index (χ1n) is 6.20. The van der Waals surface area contributed by atoms with Gasteiger partial charge in [0, 0.05) is 46.7 Å². The predicted molar refractivity (Wildman–Crippen MR) is 85.7 cm³/mol. The minimum atomic E-state index is -0.387. The van der Waals surface area contributed by atoms with Gasteiger partial charge in [0.25, 0.3) is 5.69 Å². The van der Waals surface area contributed by atoms with E-state index in [4.69, 9.17) is 0 Å². The van der Waals surface area contributed by atoms with Gasteiger partial charge in [0.1, 0.15) is 0 Å². The van der Waals surface area contributed by atoms with E-state index in [-0.39, 0.29) is 10.6 Å². The van der Waals surface area contributed by atoms with Gasteiger partial charge in [-0.25, -0.2) is 0 Å². The maximum Gasteiger partial charge on any atom is 0.270 e. The summed E-state index contributed by atoms with van der Waals surface area (Å²) in [4.78, 5) is 10.3. The minimum absolute atomic E-state index is 0.107. The standard InChI is InChI=1S/C13H15IN4O2/c1-3-12-9(8-17(2)16-12)7-15-13-5-4-10(18(19)20)6-11(13)14/h4-6,8,15H,3,7H2,1-2H3. The Hall–Kier alpha value is -1.64. The second-order valence-corrected chi connectivity index (χ2v) is 5.57. The molecule has 1 aromatic heterocycles. The monoisotopic (exact) mass is 386 g/mol. The van der Waals surface area contributed by atoms with E-state index < -0.39 is 0 Å². The van der Waals surface area contributed by atoms with Crippen LogP contribution in [0.1, 0.15) is 18.2 Å². The zero-order valence-corrected chi connectivity index (χ0v) is 13.4. The quantitative estimate of drug-likeness (QED) is 0.487. The maximum absolute atomic E-state index is 10.7. The lowest BCUT2D eigenvalue weighted by Crippen LogP contribution is -2.03. The van der Waals surface area contributed by atoms with Gasteiger partial charge in [0.15, 0.2) is 0 Å². The zero-order valence-electron chi connectivity index (χ0n) is 11.3. The molecule has 7 heteroatoms. The van der Waals surface area contributed by atoms with Crippen LogP contribution in [0.3, 0.4) is 0 Å². The summed E-state index contributed by atoms with van der Waals surface area (Å²) >= 11 is 2.10. The molecule has 0 radical (unpaired) electrons. The topological polar surface area (TPSA) is 73.0 Å². The van der Waals surface area contributed by atoms with Crippen LogP contribution in [-0.2, 0) is 20.0 Å². The SMILES string of the molecule is CCc1nn(C)cc1CNc1ccc([N+](=O)[O-])cc1I. The highest BCUT2D eigenvalue weighted by Crippen LogP contribution is 2.24. The highest BCUT2D eigenvalue weighted by Gasteiger charge is 2.10. The molecule has 0 aliphatic heterocycles. The Morgan fingerprint density at radius 1 is 1.50 bits per heavy atom. The van der Waals surface area contributed by atoms with Gasteiger partial charge in [0.2, 0.25) is 0 Å². The van der Waals surface area contributed by atoms with E-state index in [9.17, 15) is 10.1 Å². The highest BCUT2D eigenvalue weighted by molar-refractivity contribution is 14.1. The summed E-state index contributed by atoms with van der Waals surface area (Å²) in [6, 6.07) is 4.81. The van der Waals surface area contributed by atoms with Crippen LogP contribution in [0.2, 0.25) is 0 Å². The van der Waals surface area contributed by atoms with E-state index in [1.807, 2.05) is 13.2 Å². The molecular formula is C13H15IN4O2. The summed E-state index contributed by atoms with van der Waals surface area (Å²) in [6.07, 6.45) is 2.87. The van der Waals surface area contributed by atoms with E-state index in [2.05, 4.69) is 39.9 Å². The molecule has 0 aliphatic rings. The van der Waals surface area contributed by atoms with Gasteiger partial charge in [0.05, 0.1) is 10.6 Å². The van der Waals surface area contributed by atoms with Crippen LogP contribution in [0, 0.1) is 13.7 Å². The molecule has 1 heterocycles. The van der Waals surface area contributed by atoms with E-state index >= 15 is 0 Å². The van der Waals surface area contributed by atoms with Gasteiger partial charge in [-0.3, -0.25) is 14.8 Å². The molecule has 1 aromatic carbocycles. The third-order valence-corrected chi connectivity index (χ3v) is 3.85. The van der Waals surface area contributed by atoms with Crippen molar-refractivity contribution < 1.29 is 4.92 Å². The van der Waals surface area contributed by atoms with Crippen molar-refractivity contribution in [3.8, 4) is 0 Å². The summed E-state index contributed by atoms with van der Waals surface area (Å²) in [7, 11) is 1.90. The van der Waals surface area contributed by atoms with Crippen LogP contribution in [0.15, 0.2) is 24.4 Å². The number of nitro benzene ring substituents is 1. The van der Waals surface area contributed by atoms with E-state index in [0.29, 0.717) is 6.54 Å². The normalized spacial score (nSPS) is 10.6. The second kappa shape index (κ2) is 6.21. The molecule has 106 valence electrons. The average molecular weight is 386 g/mol. The second-order valence-electron chi connectivity index (χ2n) is 4.40. The van der Waals surface area contributed by atoms with E-state index in [0.717, 1.165) is 26.9 Å². The van der Waals surface area contributed by atoms with Gasteiger partial charge in [-0.2, -0.15) is 5.10 Å². The first kappa shape index (κ1) is 14.8. The first-order valence-corrected chi connectivity index (χ1v) is 7.28. The molecule has 0 fully saturated rings. The average Bonchev–Trinajstić information content (AvgIpc) is 2.77. The number of rotatable bonds is 5. The Balaban J connectivity index is 2.12. The van der Waals surface area contributed by atoms with Crippen molar-refractivity contribution in [2.24, 2.45) is 7.05 Å². The molecular weight excluding hydrogens is 371 g/mol. The summed E-state index contributed by atoms with van der Waals surface area (Å²) in [6.45, 7) is 2.73. The molecule has 2 rings (SSSR count). The molecule has 0 spiro atoms. The van der Waals surface area contributed by atoms with Crippen molar-refractivity contribution in [2.45, 2.75) is 19.9 Å². The number of aryl methyl sites for hydroxylation is 2. The van der Waals surface area contributed by atoms with Gasteiger partial charge in [-0.15, -0.1) is 0 Å². The minimum Gasteiger partial charge on any atom is -0.380 e. The van der Waals surface area contributed by atoms with Crippen LogP contribution in [0.25, 0.3) is 0 Å². The Bertz CT molecular complexity index is 639. The highest BCUT2D eigenvalue weighted by atomic mass is 127. The number of hydrogen-bond acceptors (Lipinski definition) is 4. The fourth-order valence-electron chi connectivity index (χ4n) is 1.98. The van der Waals surface area contributed by atoms with Crippen molar-refractivity contribution in [1.82, 2.24) is 9.78 Å². The third kappa shape index (κ3) is 3.27. The number of hydrogen-bond donors (Lipinski definition) is 1. The number of benzene rings is 1. The fourth-order valence-corrected chi connectivity index (χ4v) is 2.67. The number of nitrogens with one attached hydrogen (secondary N) is 1. The Labute approximate surface area is 130 Å². The number of aromatic nitrogens is 2. The Morgan fingerprint density at radius 3 is 2.85 bits per heavy atom. The van der Waals surface area contributed by atoms with Crippen molar-refractivity contribution in [3.63, 3.8) is 0 Å². The Kier molecular flexibility index (Phi) is 4.58. The van der Waals surface area contributed by atoms with Gasteiger partial charge in [-0.05, 0) is 35.1 Å². The zero-order chi connectivity index (χ0) is 14.7. The van der Waals surface area contributed by atoms with Crippen molar-refractivity contribution >= 4 is 34.0 Å². The molecule has 0 aliphatic carbocycles. The van der Waals surface area contributed by atoms with Crippen LogP contribution in [0.5, 0.6) is 0 Å². The van der Waals surface area contributed by atoms with Gasteiger partial charge >= 0.3 is 0 Å². The van der Waals surface area contributed by atoms with Crippen molar-refractivity contribution in [3.05, 3.63) is 49.3 Å². The molecule has 6 nitrogen and oxygen atoms in total. The lowest BCUT2D eigenvalue weighted by atomic mass is 10.2. The molecule has 0 saturated heterocycles. The summed E-state index contributed by atoms with van der Waals surface area (Å²) in [5.41, 5.74) is 3.21. The smallest absolute Gasteiger partial charge is 0.270 e. The lowest BCUT2D eigenvalue weighted by molar-refractivity contribution is -0.384. The lowest BCUT2D eigenvalue weighted by Gasteiger charge is -2.08. The number of anilines is 1. The van der Waals surface area contributed by atoms with E-state index in [1.165, 1.54) is 6.07 Å². The van der Waals surface area contributed by atoms with E-state index in [1.54, 1.807) is 16.8 Å². The molecule has 0 bridgehead atoms. The number of nitro groups is 1. The number of non-ortho nitro benzene ring substituents is 1. The van der Waals surface area contributed by atoms with Crippen LogP contribution >= 0.6 is 22.6 Å².